The number of amides is 1. The first kappa shape index (κ1) is 20.7. The Balaban J connectivity index is 2.14. The minimum atomic E-state index is -4.86. The Kier molecular flexibility index (Phi) is 6.11. The van der Waals surface area contributed by atoms with Crippen molar-refractivity contribution in [2.45, 2.75) is 17.5 Å². The molecule has 27 heavy (non-hydrogen) atoms. The van der Waals surface area contributed by atoms with Gasteiger partial charge in [-0.05, 0) is 42.3 Å². The van der Waals surface area contributed by atoms with E-state index in [1.807, 2.05) is 0 Å². The number of sulfonamides is 1. The molecule has 0 aliphatic heterocycles. The van der Waals surface area contributed by atoms with Gasteiger partial charge in [0.25, 0.3) is 5.91 Å². The van der Waals surface area contributed by atoms with Crippen LogP contribution in [0.15, 0.2) is 47.4 Å². The van der Waals surface area contributed by atoms with Crippen LogP contribution in [0.3, 0.4) is 0 Å². The SMILES string of the molecule is CNC(=O)c1cccc(CCNc2ccc(S(N)(=O)=O)c(C(F)(F)F)c2)c1. The fraction of sp³-hybridized carbons (Fsp3) is 0.235. The molecule has 146 valence electrons. The molecule has 2 rings (SSSR count). The first-order valence-corrected chi connectivity index (χ1v) is 9.36. The number of anilines is 1. The Morgan fingerprint density at radius 2 is 1.85 bits per heavy atom. The third-order valence-corrected chi connectivity index (χ3v) is 4.72. The van der Waals surface area contributed by atoms with Crippen LogP contribution < -0.4 is 15.8 Å². The van der Waals surface area contributed by atoms with E-state index >= 15 is 0 Å². The highest BCUT2D eigenvalue weighted by molar-refractivity contribution is 7.89. The van der Waals surface area contributed by atoms with Crippen LogP contribution in [0.25, 0.3) is 0 Å². The topological polar surface area (TPSA) is 101 Å². The van der Waals surface area contributed by atoms with E-state index in [-0.39, 0.29) is 18.1 Å². The van der Waals surface area contributed by atoms with Gasteiger partial charge < -0.3 is 10.6 Å². The molecular formula is C17H18F3N3O3S. The summed E-state index contributed by atoms with van der Waals surface area (Å²) in [7, 11) is -2.98. The lowest BCUT2D eigenvalue weighted by Crippen LogP contribution is -2.19. The maximum Gasteiger partial charge on any atom is 0.417 e. The molecule has 0 fully saturated rings. The number of hydrogen-bond donors (Lipinski definition) is 3. The second-order valence-corrected chi connectivity index (χ2v) is 7.24. The second-order valence-electron chi connectivity index (χ2n) is 5.71. The van der Waals surface area contributed by atoms with Crippen LogP contribution in [0.4, 0.5) is 18.9 Å². The molecule has 2 aromatic rings. The van der Waals surface area contributed by atoms with Crippen molar-refractivity contribution in [1.82, 2.24) is 5.32 Å². The van der Waals surface area contributed by atoms with Crippen LogP contribution in [-0.4, -0.2) is 27.9 Å². The zero-order valence-electron chi connectivity index (χ0n) is 14.3. The normalized spacial score (nSPS) is 11.9. The lowest BCUT2D eigenvalue weighted by Gasteiger charge is -2.14. The van der Waals surface area contributed by atoms with Gasteiger partial charge >= 0.3 is 6.18 Å². The van der Waals surface area contributed by atoms with E-state index in [4.69, 9.17) is 5.14 Å². The van der Waals surface area contributed by atoms with Gasteiger partial charge in [-0.3, -0.25) is 4.79 Å². The lowest BCUT2D eigenvalue weighted by molar-refractivity contribution is -0.139. The second kappa shape index (κ2) is 7.97. The molecule has 0 unspecified atom stereocenters. The molecule has 0 bridgehead atoms. The van der Waals surface area contributed by atoms with Gasteiger partial charge in [0.1, 0.15) is 0 Å². The van der Waals surface area contributed by atoms with Crippen molar-refractivity contribution in [1.29, 1.82) is 0 Å². The standard InChI is InChI=1S/C17H18F3N3O3S/c1-22-16(24)12-4-2-3-11(9-12)7-8-23-13-5-6-15(27(21,25)26)14(10-13)17(18,19)20/h2-6,9-10,23H,7-8H2,1H3,(H,22,24)(H2,21,25,26). The number of benzene rings is 2. The van der Waals surface area contributed by atoms with Gasteiger partial charge in [-0.15, -0.1) is 0 Å². The number of halogens is 3. The smallest absolute Gasteiger partial charge is 0.385 e. The van der Waals surface area contributed by atoms with Crippen molar-refractivity contribution in [3.63, 3.8) is 0 Å². The highest BCUT2D eigenvalue weighted by Crippen LogP contribution is 2.35. The lowest BCUT2D eigenvalue weighted by atomic mass is 10.1. The molecule has 0 saturated heterocycles. The van der Waals surface area contributed by atoms with Gasteiger partial charge in [-0.2, -0.15) is 13.2 Å². The zero-order chi connectivity index (χ0) is 20.2. The molecule has 0 atom stereocenters. The predicted octanol–water partition coefficient (Wildman–Crippen LogP) is 2.37. The van der Waals surface area contributed by atoms with Gasteiger partial charge in [-0.25, -0.2) is 13.6 Å². The summed E-state index contributed by atoms with van der Waals surface area (Å²) < 4.78 is 62.0. The first-order valence-electron chi connectivity index (χ1n) is 7.81. The third kappa shape index (κ3) is 5.44. The molecule has 6 nitrogen and oxygen atoms in total. The van der Waals surface area contributed by atoms with Gasteiger partial charge in [0.05, 0.1) is 10.5 Å². The van der Waals surface area contributed by atoms with E-state index in [1.54, 1.807) is 24.3 Å². The van der Waals surface area contributed by atoms with Crippen LogP contribution in [0.5, 0.6) is 0 Å². The largest absolute Gasteiger partial charge is 0.417 e. The predicted molar refractivity (Wildman–Crippen MR) is 94.8 cm³/mol. The van der Waals surface area contributed by atoms with E-state index in [2.05, 4.69) is 10.6 Å². The van der Waals surface area contributed by atoms with E-state index in [0.29, 0.717) is 18.1 Å². The van der Waals surface area contributed by atoms with E-state index in [9.17, 15) is 26.4 Å². The highest BCUT2D eigenvalue weighted by atomic mass is 32.2. The van der Waals surface area contributed by atoms with Gasteiger partial charge in [-0.1, -0.05) is 12.1 Å². The summed E-state index contributed by atoms with van der Waals surface area (Å²) in [5.41, 5.74) is 0.0847. The zero-order valence-corrected chi connectivity index (χ0v) is 15.1. The fourth-order valence-corrected chi connectivity index (χ4v) is 3.21. The average Bonchev–Trinajstić information content (AvgIpc) is 2.59. The van der Waals surface area contributed by atoms with Crippen molar-refractivity contribution < 1.29 is 26.4 Å². The van der Waals surface area contributed by atoms with Crippen molar-refractivity contribution in [3.05, 3.63) is 59.2 Å². The summed E-state index contributed by atoms with van der Waals surface area (Å²) in [6.45, 7) is 0.281. The van der Waals surface area contributed by atoms with E-state index in [1.165, 1.54) is 13.1 Å². The van der Waals surface area contributed by atoms with Gasteiger partial charge in [0.15, 0.2) is 0 Å². The van der Waals surface area contributed by atoms with Crippen molar-refractivity contribution >= 4 is 21.6 Å². The summed E-state index contributed by atoms with van der Waals surface area (Å²) in [4.78, 5) is 10.6. The van der Waals surface area contributed by atoms with Crippen LogP contribution in [0.1, 0.15) is 21.5 Å². The number of alkyl halides is 3. The molecule has 0 heterocycles. The molecule has 4 N–H and O–H groups in total. The van der Waals surface area contributed by atoms with Crippen molar-refractivity contribution in [2.75, 3.05) is 18.9 Å². The van der Waals surface area contributed by atoms with Crippen LogP contribution in [0.2, 0.25) is 0 Å². The van der Waals surface area contributed by atoms with Gasteiger partial charge in [0, 0.05) is 24.8 Å². The molecule has 0 aliphatic carbocycles. The Morgan fingerprint density at radius 3 is 2.44 bits per heavy atom. The molecular weight excluding hydrogens is 383 g/mol. The third-order valence-electron chi connectivity index (χ3n) is 3.75. The van der Waals surface area contributed by atoms with Crippen LogP contribution in [0, 0.1) is 0 Å². The molecule has 2 aromatic carbocycles. The maximum atomic E-state index is 13.1. The number of nitrogens with two attached hydrogens (primary N) is 1. The van der Waals surface area contributed by atoms with Crippen LogP contribution >= 0.6 is 0 Å². The van der Waals surface area contributed by atoms with E-state index < -0.39 is 26.7 Å². The summed E-state index contributed by atoms with van der Waals surface area (Å²) in [6.07, 6.45) is -4.41. The minimum Gasteiger partial charge on any atom is -0.385 e. The first-order chi connectivity index (χ1) is 12.5. The monoisotopic (exact) mass is 401 g/mol. The van der Waals surface area contributed by atoms with Crippen molar-refractivity contribution in [3.8, 4) is 0 Å². The number of hydrogen-bond acceptors (Lipinski definition) is 4. The molecule has 0 aromatic heterocycles. The summed E-state index contributed by atoms with van der Waals surface area (Å²) in [5.74, 6) is -0.238. The molecule has 0 saturated carbocycles. The number of primary sulfonamides is 1. The molecule has 1 amide bonds. The van der Waals surface area contributed by atoms with E-state index in [0.717, 1.165) is 11.6 Å². The number of nitrogens with one attached hydrogen (secondary N) is 2. The number of carbonyl (C=O) groups excluding carboxylic acids is 1. The Hall–Kier alpha value is -2.59. The van der Waals surface area contributed by atoms with Gasteiger partial charge in [0.2, 0.25) is 10.0 Å². The molecule has 0 radical (unpaired) electrons. The minimum absolute atomic E-state index is 0.109. The maximum absolute atomic E-state index is 13.1. The molecule has 10 heteroatoms. The summed E-state index contributed by atoms with van der Waals surface area (Å²) in [5, 5.41) is 10.2. The molecule has 0 aliphatic rings. The van der Waals surface area contributed by atoms with Crippen molar-refractivity contribution in [2.24, 2.45) is 5.14 Å². The number of carbonyl (C=O) groups is 1. The highest BCUT2D eigenvalue weighted by Gasteiger charge is 2.36. The molecule has 0 spiro atoms. The fourth-order valence-electron chi connectivity index (χ4n) is 2.47. The summed E-state index contributed by atoms with van der Waals surface area (Å²) in [6, 6.07) is 9.59. The Bertz CT molecular complexity index is 944. The number of rotatable bonds is 6. The Labute approximate surface area is 154 Å². The van der Waals surface area contributed by atoms with Crippen LogP contribution in [-0.2, 0) is 22.6 Å². The Morgan fingerprint density at radius 1 is 1.15 bits per heavy atom. The average molecular weight is 401 g/mol. The quantitative estimate of drug-likeness (QED) is 0.692. The summed E-state index contributed by atoms with van der Waals surface area (Å²) >= 11 is 0.